The van der Waals surface area contributed by atoms with Crippen molar-refractivity contribution in [1.82, 2.24) is 4.90 Å². The SMILES string of the molecule is ClCCN(CCCl)c1ccc(CN2CCCCC2)cc1.O=[N+]([O-])c1cc([N+](=O)[O-])c(O)c([N+](=O)[O-])c1. The number of anilines is 1. The Labute approximate surface area is 217 Å². The van der Waals surface area contributed by atoms with Gasteiger partial charge in [0.25, 0.3) is 11.4 Å². The first-order valence-electron chi connectivity index (χ1n) is 11.2. The predicted octanol–water partition coefficient (Wildman–Crippen LogP) is 5.07. The number of hydrogen-bond donors (Lipinski definition) is 1. The summed E-state index contributed by atoms with van der Waals surface area (Å²) < 4.78 is 0. The summed E-state index contributed by atoms with van der Waals surface area (Å²) in [5.74, 6) is 0.0550. The minimum atomic E-state index is -1.21. The number of halogens is 2. The highest BCUT2D eigenvalue weighted by Crippen LogP contribution is 2.38. The maximum Gasteiger partial charge on any atom is 0.324 e. The summed E-state index contributed by atoms with van der Waals surface area (Å²) in [5, 5.41) is 40.2. The van der Waals surface area contributed by atoms with Crippen LogP contribution in [-0.4, -0.2) is 62.7 Å². The molecule has 0 aliphatic carbocycles. The van der Waals surface area contributed by atoms with Gasteiger partial charge in [-0.2, -0.15) is 0 Å². The van der Waals surface area contributed by atoms with Crippen molar-refractivity contribution in [3.05, 3.63) is 72.3 Å². The minimum Gasteiger partial charge on any atom is -0.497 e. The van der Waals surface area contributed by atoms with E-state index in [0.717, 1.165) is 19.6 Å². The standard InChI is InChI=1S/C16H24Cl2N2.C6H3N3O7/c17-8-12-20(13-9-18)16-6-4-15(5-7-16)14-19-10-2-1-3-11-19;10-6-4(8(13)14)1-3(7(11)12)2-5(6)9(15)16/h4-7H,1-3,8-14H2;1-2,10H. The van der Waals surface area contributed by atoms with Gasteiger partial charge in [-0.15, -0.1) is 23.2 Å². The summed E-state index contributed by atoms with van der Waals surface area (Å²) >= 11 is 11.7. The lowest BCUT2D eigenvalue weighted by molar-refractivity contribution is -0.404. The maximum atomic E-state index is 10.4. The summed E-state index contributed by atoms with van der Waals surface area (Å²) in [7, 11) is 0. The number of nitrogens with zero attached hydrogens (tertiary/aromatic N) is 5. The normalized spacial score (nSPS) is 13.4. The van der Waals surface area contributed by atoms with E-state index in [1.807, 2.05) is 0 Å². The Morgan fingerprint density at radius 1 is 0.833 bits per heavy atom. The number of phenols is 1. The first kappa shape index (κ1) is 29.0. The molecule has 0 spiro atoms. The van der Waals surface area contributed by atoms with E-state index in [-0.39, 0.29) is 0 Å². The van der Waals surface area contributed by atoms with Crippen molar-refractivity contribution < 1.29 is 19.9 Å². The van der Waals surface area contributed by atoms with Crippen LogP contribution in [-0.2, 0) is 6.54 Å². The molecule has 2 aromatic rings. The number of piperidine rings is 1. The van der Waals surface area contributed by atoms with Gasteiger partial charge in [-0.25, -0.2) is 0 Å². The molecule has 0 aromatic heterocycles. The van der Waals surface area contributed by atoms with Crippen molar-refractivity contribution in [2.24, 2.45) is 0 Å². The second-order valence-corrected chi connectivity index (χ2v) is 8.73. The third-order valence-electron chi connectivity index (χ3n) is 5.52. The summed E-state index contributed by atoms with van der Waals surface area (Å²) in [6, 6.07) is 9.75. The number of nitro groups is 3. The number of aromatic hydroxyl groups is 1. The number of alkyl halides is 2. The van der Waals surface area contributed by atoms with Crippen LogP contribution in [0.5, 0.6) is 5.75 Å². The molecule has 12 nitrogen and oxygen atoms in total. The number of hydrogen-bond acceptors (Lipinski definition) is 9. The van der Waals surface area contributed by atoms with Gasteiger partial charge in [0, 0.05) is 37.1 Å². The third kappa shape index (κ3) is 8.47. The number of non-ortho nitro benzene ring substituents is 1. The number of nitro benzene ring substituents is 3. The van der Waals surface area contributed by atoms with Crippen molar-refractivity contribution in [2.45, 2.75) is 25.8 Å². The van der Waals surface area contributed by atoms with Gasteiger partial charge in [0.2, 0.25) is 0 Å². The van der Waals surface area contributed by atoms with Crippen molar-refractivity contribution in [2.75, 3.05) is 42.8 Å². The van der Waals surface area contributed by atoms with Crippen molar-refractivity contribution in [1.29, 1.82) is 0 Å². The fourth-order valence-electron chi connectivity index (χ4n) is 3.74. The Balaban J connectivity index is 0.000000261. The summed E-state index contributed by atoms with van der Waals surface area (Å²) in [6.07, 6.45) is 4.08. The molecule has 1 N–H and O–H groups in total. The molecule has 0 bridgehead atoms. The lowest BCUT2D eigenvalue weighted by atomic mass is 10.1. The van der Waals surface area contributed by atoms with Crippen LogP contribution < -0.4 is 4.90 Å². The predicted molar refractivity (Wildman–Crippen MR) is 137 cm³/mol. The molecular formula is C22H27Cl2N5O7. The molecule has 0 atom stereocenters. The Morgan fingerprint density at radius 2 is 1.33 bits per heavy atom. The average Bonchev–Trinajstić information content (AvgIpc) is 2.85. The van der Waals surface area contributed by atoms with Gasteiger partial charge < -0.3 is 10.0 Å². The Morgan fingerprint density at radius 3 is 1.75 bits per heavy atom. The molecule has 1 fully saturated rings. The molecule has 36 heavy (non-hydrogen) atoms. The number of phenolic OH excluding ortho intramolecular Hbond substituents is 1. The van der Waals surface area contributed by atoms with Gasteiger partial charge in [-0.3, -0.25) is 35.2 Å². The second kappa shape index (κ2) is 14.4. The fraction of sp³-hybridized carbons (Fsp3) is 0.455. The van der Waals surface area contributed by atoms with Gasteiger partial charge in [-0.05, 0) is 43.6 Å². The fourth-order valence-corrected chi connectivity index (χ4v) is 4.14. The van der Waals surface area contributed by atoms with Gasteiger partial charge in [-0.1, -0.05) is 18.6 Å². The molecule has 1 saturated heterocycles. The number of benzene rings is 2. The Hall–Kier alpha value is -3.22. The molecule has 0 amide bonds. The van der Waals surface area contributed by atoms with E-state index in [1.54, 1.807) is 0 Å². The highest BCUT2D eigenvalue weighted by molar-refractivity contribution is 6.18. The first-order chi connectivity index (χ1) is 17.2. The largest absolute Gasteiger partial charge is 0.497 e. The maximum absolute atomic E-state index is 10.4. The lowest BCUT2D eigenvalue weighted by Crippen LogP contribution is -2.29. The van der Waals surface area contributed by atoms with Crippen LogP contribution in [0, 0.1) is 30.3 Å². The van der Waals surface area contributed by atoms with E-state index < -0.39 is 37.6 Å². The van der Waals surface area contributed by atoms with Gasteiger partial charge in [0.1, 0.15) is 0 Å². The number of rotatable bonds is 10. The smallest absolute Gasteiger partial charge is 0.324 e. The average molecular weight is 544 g/mol. The van der Waals surface area contributed by atoms with E-state index in [4.69, 9.17) is 28.3 Å². The van der Waals surface area contributed by atoms with Crippen LogP contribution in [0.2, 0.25) is 0 Å². The summed E-state index contributed by atoms with van der Waals surface area (Å²) in [5.41, 5.74) is -0.390. The molecule has 0 saturated carbocycles. The summed E-state index contributed by atoms with van der Waals surface area (Å²) in [6.45, 7) is 5.25. The Kier molecular flexibility index (Phi) is 11.6. The third-order valence-corrected chi connectivity index (χ3v) is 5.86. The van der Waals surface area contributed by atoms with Crippen LogP contribution >= 0.6 is 23.2 Å². The van der Waals surface area contributed by atoms with Gasteiger partial charge in [0.05, 0.1) is 26.9 Å². The number of likely N-dealkylation sites (tertiary alicyclic amines) is 1. The molecule has 3 rings (SSSR count). The molecule has 1 heterocycles. The van der Waals surface area contributed by atoms with E-state index in [1.165, 1.54) is 43.6 Å². The quantitative estimate of drug-likeness (QED) is 0.245. The molecule has 0 unspecified atom stereocenters. The van der Waals surface area contributed by atoms with Gasteiger partial charge >= 0.3 is 11.4 Å². The van der Waals surface area contributed by atoms with Crippen LogP contribution in [0.1, 0.15) is 24.8 Å². The zero-order valence-electron chi connectivity index (χ0n) is 19.4. The molecule has 1 aliphatic heterocycles. The van der Waals surface area contributed by atoms with Crippen LogP contribution in [0.3, 0.4) is 0 Å². The highest BCUT2D eigenvalue weighted by Gasteiger charge is 2.30. The van der Waals surface area contributed by atoms with Crippen LogP contribution in [0.4, 0.5) is 22.7 Å². The zero-order chi connectivity index (χ0) is 26.7. The summed E-state index contributed by atoms with van der Waals surface area (Å²) in [4.78, 5) is 32.6. The lowest BCUT2D eigenvalue weighted by Gasteiger charge is -2.27. The monoisotopic (exact) mass is 543 g/mol. The van der Waals surface area contributed by atoms with Crippen LogP contribution in [0.25, 0.3) is 0 Å². The highest BCUT2D eigenvalue weighted by atomic mass is 35.5. The van der Waals surface area contributed by atoms with Crippen molar-refractivity contribution in [3.8, 4) is 5.75 Å². The van der Waals surface area contributed by atoms with Crippen LogP contribution in [0.15, 0.2) is 36.4 Å². The van der Waals surface area contributed by atoms with E-state index in [0.29, 0.717) is 23.9 Å². The Bertz CT molecular complexity index is 1010. The second-order valence-electron chi connectivity index (χ2n) is 7.97. The molecule has 2 aromatic carbocycles. The molecule has 14 heteroatoms. The zero-order valence-corrected chi connectivity index (χ0v) is 20.9. The topological polar surface area (TPSA) is 156 Å². The first-order valence-corrected chi connectivity index (χ1v) is 12.2. The van der Waals surface area contributed by atoms with Gasteiger partial charge in [0.15, 0.2) is 0 Å². The van der Waals surface area contributed by atoms with E-state index in [2.05, 4.69) is 34.1 Å². The van der Waals surface area contributed by atoms with Crippen molar-refractivity contribution in [3.63, 3.8) is 0 Å². The molecule has 1 aliphatic rings. The molecule has 0 radical (unpaired) electrons. The molecule has 196 valence electrons. The van der Waals surface area contributed by atoms with Crippen molar-refractivity contribution >= 4 is 46.0 Å². The minimum absolute atomic E-state index is 0.447. The molecular weight excluding hydrogens is 517 g/mol. The van der Waals surface area contributed by atoms with E-state index in [9.17, 15) is 30.3 Å². The van der Waals surface area contributed by atoms with E-state index >= 15 is 0 Å².